The van der Waals surface area contributed by atoms with E-state index in [1.54, 1.807) is 4.90 Å². The lowest BCUT2D eigenvalue weighted by Crippen LogP contribution is -2.46. The Bertz CT molecular complexity index is 495. The summed E-state index contributed by atoms with van der Waals surface area (Å²) >= 11 is 0. The van der Waals surface area contributed by atoms with Crippen molar-refractivity contribution in [2.24, 2.45) is 0 Å². The Hall–Kier alpha value is -1.49. The van der Waals surface area contributed by atoms with Crippen LogP contribution in [-0.2, 0) is 0 Å². The number of carbonyl (C=O) groups is 1. The minimum atomic E-state index is -1.05. The number of halogens is 2. The highest BCUT2D eigenvalue weighted by Crippen LogP contribution is 2.20. The molecule has 1 aliphatic rings. The van der Waals surface area contributed by atoms with Gasteiger partial charge in [0, 0.05) is 19.1 Å². The van der Waals surface area contributed by atoms with E-state index in [9.17, 15) is 13.6 Å². The number of hydrogen-bond acceptors (Lipinski definition) is 2. The van der Waals surface area contributed by atoms with Crippen molar-refractivity contribution in [1.29, 1.82) is 0 Å². The second kappa shape index (κ2) is 6.98. The average Bonchev–Trinajstić information content (AvgIpc) is 2.51. The molecule has 0 aliphatic carbocycles. The van der Waals surface area contributed by atoms with Crippen molar-refractivity contribution < 1.29 is 13.6 Å². The molecule has 0 unspecified atom stereocenters. The quantitative estimate of drug-likeness (QED) is 0.853. The molecule has 3 nitrogen and oxygen atoms in total. The molecule has 0 radical (unpaired) electrons. The van der Waals surface area contributed by atoms with Gasteiger partial charge in [-0.05, 0) is 38.1 Å². The van der Waals surface area contributed by atoms with Crippen LogP contribution in [0.25, 0.3) is 0 Å². The SMILES string of the molecule is CCN(CC)C1CCN(C(=O)c2cccc(F)c2F)CC1. The molecule has 1 saturated heterocycles. The third-order valence-corrected chi connectivity index (χ3v) is 4.26. The van der Waals surface area contributed by atoms with Gasteiger partial charge in [-0.15, -0.1) is 0 Å². The zero-order chi connectivity index (χ0) is 15.4. The zero-order valence-corrected chi connectivity index (χ0v) is 12.6. The van der Waals surface area contributed by atoms with Gasteiger partial charge >= 0.3 is 0 Å². The molecule has 1 fully saturated rings. The van der Waals surface area contributed by atoms with Crippen LogP contribution < -0.4 is 0 Å². The van der Waals surface area contributed by atoms with Gasteiger partial charge in [0.05, 0.1) is 5.56 Å². The van der Waals surface area contributed by atoms with Crippen LogP contribution in [0, 0.1) is 11.6 Å². The summed E-state index contributed by atoms with van der Waals surface area (Å²) in [6, 6.07) is 4.21. The molecule has 5 heteroatoms. The third kappa shape index (κ3) is 3.40. The molecule has 0 atom stereocenters. The summed E-state index contributed by atoms with van der Waals surface area (Å²) in [4.78, 5) is 16.3. The van der Waals surface area contributed by atoms with Crippen LogP contribution in [0.4, 0.5) is 8.78 Å². The fraction of sp³-hybridized carbons (Fsp3) is 0.562. The molecule has 0 saturated carbocycles. The summed E-state index contributed by atoms with van der Waals surface area (Å²) in [5.41, 5.74) is -0.170. The Kier molecular flexibility index (Phi) is 5.28. The van der Waals surface area contributed by atoms with Crippen LogP contribution >= 0.6 is 0 Å². The van der Waals surface area contributed by atoms with Crippen LogP contribution in [0.1, 0.15) is 37.0 Å². The molecule has 21 heavy (non-hydrogen) atoms. The molecule has 0 spiro atoms. The summed E-state index contributed by atoms with van der Waals surface area (Å²) in [5.74, 6) is -2.43. The molecule has 1 heterocycles. The summed E-state index contributed by atoms with van der Waals surface area (Å²) in [7, 11) is 0. The van der Waals surface area contributed by atoms with E-state index in [-0.39, 0.29) is 5.56 Å². The van der Waals surface area contributed by atoms with Crippen molar-refractivity contribution in [1.82, 2.24) is 9.80 Å². The van der Waals surface area contributed by atoms with Crippen LogP contribution in [0.3, 0.4) is 0 Å². The van der Waals surface area contributed by atoms with E-state index in [1.807, 2.05) is 0 Å². The summed E-state index contributed by atoms with van der Waals surface area (Å²) in [6.07, 6.45) is 1.76. The van der Waals surface area contributed by atoms with E-state index in [4.69, 9.17) is 0 Å². The maximum absolute atomic E-state index is 13.7. The number of carbonyl (C=O) groups excluding carboxylic acids is 1. The topological polar surface area (TPSA) is 23.6 Å². The van der Waals surface area contributed by atoms with Crippen LogP contribution in [0.5, 0.6) is 0 Å². The Morgan fingerprint density at radius 1 is 1.24 bits per heavy atom. The van der Waals surface area contributed by atoms with Crippen LogP contribution in [0.15, 0.2) is 18.2 Å². The highest BCUT2D eigenvalue weighted by atomic mass is 19.2. The Balaban J connectivity index is 2.02. The standard InChI is InChI=1S/C16H22F2N2O/c1-3-19(4-2)12-8-10-20(11-9-12)16(21)13-6-5-7-14(17)15(13)18/h5-7,12H,3-4,8-11H2,1-2H3. The van der Waals surface area contributed by atoms with Crippen molar-refractivity contribution in [3.63, 3.8) is 0 Å². The maximum atomic E-state index is 13.7. The van der Waals surface area contributed by atoms with Gasteiger partial charge in [-0.2, -0.15) is 0 Å². The highest BCUT2D eigenvalue weighted by Gasteiger charge is 2.27. The summed E-state index contributed by atoms with van der Waals surface area (Å²) < 4.78 is 26.9. The Morgan fingerprint density at radius 2 is 1.86 bits per heavy atom. The second-order valence-electron chi connectivity index (χ2n) is 5.35. The third-order valence-electron chi connectivity index (χ3n) is 4.26. The normalized spacial score (nSPS) is 16.5. The second-order valence-corrected chi connectivity index (χ2v) is 5.35. The van der Waals surface area contributed by atoms with E-state index >= 15 is 0 Å². The molecule has 1 aromatic carbocycles. The van der Waals surface area contributed by atoms with Gasteiger partial charge in [0.2, 0.25) is 0 Å². The lowest BCUT2D eigenvalue weighted by atomic mass is 10.0. The van der Waals surface area contributed by atoms with E-state index in [0.717, 1.165) is 32.0 Å². The van der Waals surface area contributed by atoms with Gasteiger partial charge in [0.15, 0.2) is 11.6 Å². The van der Waals surface area contributed by atoms with Gasteiger partial charge in [-0.1, -0.05) is 19.9 Å². The fourth-order valence-electron chi connectivity index (χ4n) is 3.01. The zero-order valence-electron chi connectivity index (χ0n) is 12.6. The number of nitrogens with zero attached hydrogens (tertiary/aromatic N) is 2. The average molecular weight is 296 g/mol. The molecule has 0 aromatic heterocycles. The van der Waals surface area contributed by atoms with Crippen molar-refractivity contribution >= 4 is 5.91 Å². The van der Waals surface area contributed by atoms with Crippen LogP contribution in [0.2, 0.25) is 0 Å². The monoisotopic (exact) mass is 296 g/mol. The number of likely N-dealkylation sites (tertiary alicyclic amines) is 1. The Labute approximate surface area is 124 Å². The van der Waals surface area contributed by atoms with Gasteiger partial charge in [-0.3, -0.25) is 4.79 Å². The smallest absolute Gasteiger partial charge is 0.256 e. The molecule has 1 aliphatic heterocycles. The summed E-state index contributed by atoms with van der Waals surface area (Å²) in [6.45, 7) is 7.43. The molecule has 2 rings (SSSR count). The number of benzene rings is 1. The first kappa shape index (κ1) is 15.9. The first-order valence-corrected chi connectivity index (χ1v) is 7.55. The van der Waals surface area contributed by atoms with Crippen molar-refractivity contribution in [3.8, 4) is 0 Å². The fourth-order valence-corrected chi connectivity index (χ4v) is 3.01. The molecular weight excluding hydrogens is 274 g/mol. The minimum Gasteiger partial charge on any atom is -0.338 e. The largest absolute Gasteiger partial charge is 0.338 e. The number of piperidine rings is 1. The van der Waals surface area contributed by atoms with E-state index in [0.29, 0.717) is 19.1 Å². The highest BCUT2D eigenvalue weighted by molar-refractivity contribution is 5.94. The number of hydrogen-bond donors (Lipinski definition) is 0. The minimum absolute atomic E-state index is 0.170. The maximum Gasteiger partial charge on any atom is 0.256 e. The van der Waals surface area contributed by atoms with Crippen molar-refractivity contribution in [3.05, 3.63) is 35.4 Å². The van der Waals surface area contributed by atoms with E-state index in [1.165, 1.54) is 12.1 Å². The van der Waals surface area contributed by atoms with Gasteiger partial charge < -0.3 is 9.80 Å². The van der Waals surface area contributed by atoms with Gasteiger partial charge in [-0.25, -0.2) is 8.78 Å². The van der Waals surface area contributed by atoms with Crippen molar-refractivity contribution in [2.45, 2.75) is 32.7 Å². The predicted octanol–water partition coefficient (Wildman–Crippen LogP) is 2.91. The molecule has 1 amide bonds. The lowest BCUT2D eigenvalue weighted by molar-refractivity contribution is 0.0626. The van der Waals surface area contributed by atoms with E-state index in [2.05, 4.69) is 18.7 Å². The number of rotatable bonds is 4. The molecular formula is C16H22F2N2O. The molecule has 1 aromatic rings. The lowest BCUT2D eigenvalue weighted by Gasteiger charge is -2.37. The molecule has 116 valence electrons. The van der Waals surface area contributed by atoms with Gasteiger partial charge in [0.25, 0.3) is 5.91 Å². The van der Waals surface area contributed by atoms with Gasteiger partial charge in [0.1, 0.15) is 0 Å². The summed E-state index contributed by atoms with van der Waals surface area (Å²) in [5, 5.41) is 0. The van der Waals surface area contributed by atoms with E-state index < -0.39 is 17.5 Å². The molecule has 0 bridgehead atoms. The first-order valence-electron chi connectivity index (χ1n) is 7.55. The van der Waals surface area contributed by atoms with Crippen molar-refractivity contribution in [2.75, 3.05) is 26.2 Å². The number of amides is 1. The van der Waals surface area contributed by atoms with Crippen LogP contribution in [-0.4, -0.2) is 47.9 Å². The first-order chi connectivity index (χ1) is 10.1. The predicted molar refractivity (Wildman–Crippen MR) is 78.2 cm³/mol. The molecule has 0 N–H and O–H groups in total. The Morgan fingerprint density at radius 3 is 2.43 bits per heavy atom.